The smallest absolute Gasteiger partial charge is 0.191 e. The highest BCUT2D eigenvalue weighted by Gasteiger charge is 2.20. The molecule has 0 bridgehead atoms. The van der Waals surface area contributed by atoms with Crippen molar-refractivity contribution in [1.29, 1.82) is 0 Å². The third kappa shape index (κ3) is 6.46. The number of rotatable bonds is 6. The summed E-state index contributed by atoms with van der Waals surface area (Å²) in [4.78, 5) is 6.87. The first-order valence-corrected chi connectivity index (χ1v) is 9.38. The van der Waals surface area contributed by atoms with Crippen molar-refractivity contribution in [2.75, 3.05) is 20.1 Å². The van der Waals surface area contributed by atoms with E-state index < -0.39 is 0 Å². The van der Waals surface area contributed by atoms with E-state index in [9.17, 15) is 0 Å². The predicted molar refractivity (Wildman–Crippen MR) is 119 cm³/mol. The van der Waals surface area contributed by atoms with Gasteiger partial charge in [0.05, 0.1) is 6.54 Å². The van der Waals surface area contributed by atoms with Gasteiger partial charge < -0.3 is 15.2 Å². The van der Waals surface area contributed by atoms with E-state index >= 15 is 0 Å². The second-order valence-electron chi connectivity index (χ2n) is 6.64. The maximum atomic E-state index is 4.35. The number of nitrogens with one attached hydrogen (secondary N) is 2. The average molecular weight is 483 g/mol. The summed E-state index contributed by atoms with van der Waals surface area (Å²) in [5.41, 5.74) is 1.39. The number of guanidine groups is 1. The van der Waals surface area contributed by atoms with Crippen LogP contribution in [0.4, 0.5) is 0 Å². The molecule has 1 aromatic heterocycles. The third-order valence-electron chi connectivity index (χ3n) is 4.85. The van der Waals surface area contributed by atoms with Crippen molar-refractivity contribution in [2.24, 2.45) is 4.99 Å². The van der Waals surface area contributed by atoms with Gasteiger partial charge in [0.25, 0.3) is 0 Å². The number of hydrogen-bond donors (Lipinski definition) is 2. The fourth-order valence-corrected chi connectivity index (χ4v) is 3.31. The first-order valence-electron chi connectivity index (χ1n) is 9.38. The van der Waals surface area contributed by atoms with Crippen molar-refractivity contribution in [3.05, 3.63) is 48.0 Å². The van der Waals surface area contributed by atoms with Gasteiger partial charge in [0, 0.05) is 39.3 Å². The van der Waals surface area contributed by atoms with Crippen LogP contribution in [0.2, 0.25) is 0 Å². The van der Waals surface area contributed by atoms with Gasteiger partial charge in [-0.1, -0.05) is 30.3 Å². The van der Waals surface area contributed by atoms with Crippen molar-refractivity contribution in [3.8, 4) is 0 Å². The molecule has 2 N–H and O–H groups in total. The molecule has 0 radical (unpaired) electrons. The molecule has 1 fully saturated rings. The van der Waals surface area contributed by atoms with Crippen molar-refractivity contribution in [2.45, 2.75) is 45.4 Å². The molecule has 7 nitrogen and oxygen atoms in total. The van der Waals surface area contributed by atoms with Crippen LogP contribution in [0.25, 0.3) is 0 Å². The molecule has 3 rings (SSSR count). The summed E-state index contributed by atoms with van der Waals surface area (Å²) in [6, 6.07) is 11.1. The molecular weight excluding hydrogens is 453 g/mol. The molecule has 1 aliphatic rings. The Morgan fingerprint density at radius 2 is 1.96 bits per heavy atom. The Morgan fingerprint density at radius 1 is 1.22 bits per heavy atom. The molecule has 148 valence electrons. The number of likely N-dealkylation sites (tertiary alicyclic amines) is 1. The number of piperidine rings is 1. The van der Waals surface area contributed by atoms with Gasteiger partial charge in [0.2, 0.25) is 0 Å². The normalized spacial score (nSPS) is 16.0. The fourth-order valence-electron chi connectivity index (χ4n) is 3.31. The molecule has 0 atom stereocenters. The Hall–Kier alpha value is -1.68. The highest BCUT2D eigenvalue weighted by Crippen LogP contribution is 2.13. The van der Waals surface area contributed by atoms with Crippen molar-refractivity contribution in [3.63, 3.8) is 0 Å². The molecular formula is C19H30IN7. The molecule has 1 aliphatic heterocycles. The monoisotopic (exact) mass is 483 g/mol. The molecule has 27 heavy (non-hydrogen) atoms. The summed E-state index contributed by atoms with van der Waals surface area (Å²) >= 11 is 0. The zero-order valence-corrected chi connectivity index (χ0v) is 18.5. The summed E-state index contributed by atoms with van der Waals surface area (Å²) in [7, 11) is 1.81. The molecule has 0 aliphatic carbocycles. The summed E-state index contributed by atoms with van der Waals surface area (Å²) in [5, 5.41) is 15.0. The molecule has 2 heterocycles. The average Bonchev–Trinajstić information content (AvgIpc) is 3.15. The van der Waals surface area contributed by atoms with Gasteiger partial charge in [-0.2, -0.15) is 0 Å². The number of aliphatic imine (C=N–C) groups is 1. The second-order valence-corrected chi connectivity index (χ2v) is 6.64. The van der Waals surface area contributed by atoms with Crippen LogP contribution in [0.5, 0.6) is 0 Å². The highest BCUT2D eigenvalue weighted by molar-refractivity contribution is 14.0. The Bertz CT molecular complexity index is 693. The number of hydrogen-bond acceptors (Lipinski definition) is 4. The molecule has 1 aromatic carbocycles. The molecule has 0 unspecified atom stereocenters. The molecule has 1 saturated heterocycles. The van der Waals surface area contributed by atoms with Crippen LogP contribution in [0.15, 0.2) is 41.7 Å². The number of halogens is 1. The minimum atomic E-state index is 0. The van der Waals surface area contributed by atoms with Gasteiger partial charge in [-0.05, 0) is 25.3 Å². The van der Waals surface area contributed by atoms with Gasteiger partial charge in [-0.25, -0.2) is 0 Å². The van der Waals surface area contributed by atoms with Gasteiger partial charge in [-0.3, -0.25) is 9.89 Å². The second kappa shape index (κ2) is 11.2. The van der Waals surface area contributed by atoms with E-state index in [-0.39, 0.29) is 24.0 Å². The fraction of sp³-hybridized carbons (Fsp3) is 0.526. The lowest BCUT2D eigenvalue weighted by molar-refractivity contribution is 0.198. The van der Waals surface area contributed by atoms with E-state index in [1.807, 2.05) is 11.6 Å². The third-order valence-corrected chi connectivity index (χ3v) is 4.85. The van der Waals surface area contributed by atoms with Crippen LogP contribution in [-0.4, -0.2) is 51.8 Å². The lowest BCUT2D eigenvalue weighted by Crippen LogP contribution is -2.48. The zero-order valence-electron chi connectivity index (χ0n) is 16.1. The molecule has 0 spiro atoms. The zero-order chi connectivity index (χ0) is 18.2. The lowest BCUT2D eigenvalue weighted by atomic mass is 10.0. The minimum Gasteiger partial charge on any atom is -0.354 e. The first-order chi connectivity index (χ1) is 12.8. The van der Waals surface area contributed by atoms with Crippen molar-refractivity contribution in [1.82, 2.24) is 30.3 Å². The van der Waals surface area contributed by atoms with Gasteiger partial charge in [-0.15, -0.1) is 34.2 Å². The summed E-state index contributed by atoms with van der Waals surface area (Å²) in [5.74, 6) is 1.75. The Morgan fingerprint density at radius 3 is 2.63 bits per heavy atom. The van der Waals surface area contributed by atoms with Crippen LogP contribution >= 0.6 is 24.0 Å². The summed E-state index contributed by atoms with van der Waals surface area (Å²) in [6.07, 6.45) is 4.01. The number of nitrogens with zero attached hydrogens (tertiary/aromatic N) is 5. The molecule has 0 amide bonds. The lowest BCUT2D eigenvalue weighted by Gasteiger charge is -2.33. The molecule has 2 aromatic rings. The standard InChI is InChI=1S/C19H29N7.HI/c1-3-26-15-22-24-18(26)13-21-19(20-2)23-17-9-11-25(12-10-17)14-16-7-5-4-6-8-16;/h4-8,15,17H,3,9-14H2,1-2H3,(H2,20,21,23);1H. The molecule has 0 saturated carbocycles. The topological polar surface area (TPSA) is 70.4 Å². The predicted octanol–water partition coefficient (Wildman–Crippen LogP) is 2.25. The summed E-state index contributed by atoms with van der Waals surface area (Å²) < 4.78 is 2.03. The highest BCUT2D eigenvalue weighted by atomic mass is 127. The van der Waals surface area contributed by atoms with Crippen LogP contribution in [-0.2, 0) is 19.6 Å². The first kappa shape index (κ1) is 21.6. The van der Waals surface area contributed by atoms with E-state index in [0.717, 1.165) is 50.8 Å². The van der Waals surface area contributed by atoms with E-state index in [1.54, 1.807) is 6.33 Å². The Balaban J connectivity index is 0.00000261. The van der Waals surface area contributed by atoms with E-state index in [0.29, 0.717) is 12.6 Å². The van der Waals surface area contributed by atoms with Crippen LogP contribution < -0.4 is 10.6 Å². The summed E-state index contributed by atoms with van der Waals surface area (Å²) in [6.45, 7) is 6.83. The largest absolute Gasteiger partial charge is 0.354 e. The molecule has 8 heteroatoms. The quantitative estimate of drug-likeness (QED) is 0.375. The van der Waals surface area contributed by atoms with Gasteiger partial charge in [0.15, 0.2) is 11.8 Å². The van der Waals surface area contributed by atoms with Crippen molar-refractivity contribution >= 4 is 29.9 Å². The van der Waals surface area contributed by atoms with Gasteiger partial charge >= 0.3 is 0 Å². The van der Waals surface area contributed by atoms with Crippen LogP contribution in [0.3, 0.4) is 0 Å². The number of benzene rings is 1. The number of aromatic nitrogens is 3. The van der Waals surface area contributed by atoms with E-state index in [2.05, 4.69) is 68.0 Å². The van der Waals surface area contributed by atoms with Crippen LogP contribution in [0.1, 0.15) is 31.2 Å². The van der Waals surface area contributed by atoms with Crippen molar-refractivity contribution < 1.29 is 0 Å². The Kier molecular flexibility index (Phi) is 8.99. The number of aryl methyl sites for hydroxylation is 1. The van der Waals surface area contributed by atoms with E-state index in [1.165, 1.54) is 5.56 Å². The Labute approximate surface area is 178 Å². The SMILES string of the molecule is CCn1cnnc1CNC(=NC)NC1CCN(Cc2ccccc2)CC1.I. The maximum Gasteiger partial charge on any atom is 0.191 e. The minimum absolute atomic E-state index is 0. The maximum absolute atomic E-state index is 4.35. The van der Waals surface area contributed by atoms with Gasteiger partial charge in [0.1, 0.15) is 6.33 Å². The van der Waals surface area contributed by atoms with E-state index in [4.69, 9.17) is 0 Å². The van der Waals surface area contributed by atoms with Crippen LogP contribution in [0, 0.1) is 0 Å².